The number of ether oxygens (including phenoxy) is 1. The van der Waals surface area contributed by atoms with Gasteiger partial charge >= 0.3 is 5.97 Å². The molecule has 0 spiro atoms. The summed E-state index contributed by atoms with van der Waals surface area (Å²) in [7, 11) is 0. The Morgan fingerprint density at radius 3 is 2.36 bits per heavy atom. The molecule has 1 aromatic carbocycles. The number of unbranched alkanes of at least 4 members (excludes halogenated alkanes) is 3. The van der Waals surface area contributed by atoms with E-state index in [4.69, 9.17) is 4.74 Å². The number of nitrogens with one attached hydrogen (secondary N) is 1. The van der Waals surface area contributed by atoms with Crippen LogP contribution in [0.15, 0.2) is 18.2 Å². The van der Waals surface area contributed by atoms with Crippen LogP contribution in [0.5, 0.6) is 5.75 Å². The highest BCUT2D eigenvalue weighted by molar-refractivity contribution is 8.14. The van der Waals surface area contributed by atoms with Gasteiger partial charge in [-0.3, -0.25) is 9.59 Å². The summed E-state index contributed by atoms with van der Waals surface area (Å²) >= 11 is 1.16. The molecule has 3 atom stereocenters. The molecular weight excluding hydrogens is 438 g/mol. The molecule has 7 heteroatoms. The molecule has 0 aliphatic rings. The molecule has 6 nitrogen and oxygen atoms in total. The van der Waals surface area contributed by atoms with E-state index in [2.05, 4.69) is 12.2 Å². The van der Waals surface area contributed by atoms with Gasteiger partial charge in [0, 0.05) is 24.5 Å². The third-order valence-electron chi connectivity index (χ3n) is 5.38. The maximum absolute atomic E-state index is 13.4. The first-order valence-corrected chi connectivity index (χ1v) is 12.7. The molecule has 0 saturated carbocycles. The summed E-state index contributed by atoms with van der Waals surface area (Å²) in [5, 5.41) is 12.4. The van der Waals surface area contributed by atoms with Crippen molar-refractivity contribution in [3.8, 4) is 5.75 Å². The van der Waals surface area contributed by atoms with Crippen molar-refractivity contribution in [2.24, 2.45) is 5.92 Å². The molecule has 1 aromatic rings. The lowest BCUT2D eigenvalue weighted by Gasteiger charge is -2.28. The number of phenols is 1. The molecule has 0 fully saturated rings. The van der Waals surface area contributed by atoms with Gasteiger partial charge < -0.3 is 15.2 Å². The molecule has 186 valence electrons. The standard InChI is InChI=1S/C26H41NO5S/c1-8-9-10-11-12-22(18(3)33-19(4)28)24(30)27-23(25(31)32-26(5,6)7)16-20-13-14-21(29)15-17(20)2/h13-15,18,22-23,29H,8-12,16H2,1-7H3,(H,27,30)/t18?,22?,23-/m0/s1. The van der Waals surface area contributed by atoms with Gasteiger partial charge in [-0.2, -0.15) is 0 Å². The van der Waals surface area contributed by atoms with Crippen LogP contribution in [-0.2, 0) is 25.5 Å². The van der Waals surface area contributed by atoms with Crippen molar-refractivity contribution in [3.05, 3.63) is 29.3 Å². The highest BCUT2D eigenvalue weighted by Crippen LogP contribution is 2.26. The Labute approximate surface area is 203 Å². The minimum absolute atomic E-state index is 0.0303. The lowest BCUT2D eigenvalue weighted by molar-refractivity contribution is -0.158. The number of amides is 1. The van der Waals surface area contributed by atoms with Gasteiger partial charge in [0.1, 0.15) is 17.4 Å². The Hall–Kier alpha value is -2.02. The molecule has 2 unspecified atom stereocenters. The fourth-order valence-electron chi connectivity index (χ4n) is 3.69. The number of carbonyl (C=O) groups excluding carboxylic acids is 3. The maximum atomic E-state index is 13.4. The predicted molar refractivity (Wildman–Crippen MR) is 134 cm³/mol. The summed E-state index contributed by atoms with van der Waals surface area (Å²) in [6, 6.07) is 4.08. The largest absolute Gasteiger partial charge is 0.508 e. The smallest absolute Gasteiger partial charge is 0.329 e. The summed E-state index contributed by atoms with van der Waals surface area (Å²) in [6.45, 7) is 12.8. The Kier molecular flexibility index (Phi) is 12.0. The molecule has 0 aliphatic carbocycles. The van der Waals surface area contributed by atoms with E-state index in [1.165, 1.54) is 6.92 Å². The maximum Gasteiger partial charge on any atom is 0.329 e. The third kappa shape index (κ3) is 11.1. The van der Waals surface area contributed by atoms with Crippen LogP contribution in [-0.4, -0.2) is 39.0 Å². The number of rotatable bonds is 12. The first-order chi connectivity index (χ1) is 15.3. The molecule has 2 N–H and O–H groups in total. The fourth-order valence-corrected chi connectivity index (χ4v) is 4.64. The number of hydrogen-bond donors (Lipinski definition) is 2. The summed E-state index contributed by atoms with van der Waals surface area (Å²) in [6.07, 6.45) is 5.03. The van der Waals surface area contributed by atoms with Crippen molar-refractivity contribution in [1.29, 1.82) is 0 Å². The van der Waals surface area contributed by atoms with Gasteiger partial charge in [-0.05, 0) is 57.4 Å². The van der Waals surface area contributed by atoms with E-state index in [1.807, 2.05) is 13.8 Å². The molecule has 0 aromatic heterocycles. The van der Waals surface area contributed by atoms with Crippen LogP contribution in [0.1, 0.15) is 84.8 Å². The number of phenolic OH excluding ortho intramolecular Hbond substituents is 1. The molecular formula is C26H41NO5S. The van der Waals surface area contributed by atoms with Crippen molar-refractivity contribution in [1.82, 2.24) is 5.32 Å². The van der Waals surface area contributed by atoms with Crippen LogP contribution in [0.4, 0.5) is 0 Å². The molecule has 0 aliphatic heterocycles. The van der Waals surface area contributed by atoms with E-state index < -0.39 is 17.6 Å². The monoisotopic (exact) mass is 479 g/mol. The Morgan fingerprint density at radius 2 is 1.82 bits per heavy atom. The minimum Gasteiger partial charge on any atom is -0.508 e. The van der Waals surface area contributed by atoms with Gasteiger partial charge in [0.05, 0.1) is 0 Å². The van der Waals surface area contributed by atoms with Gasteiger partial charge in [-0.25, -0.2) is 4.79 Å². The van der Waals surface area contributed by atoms with Gasteiger partial charge in [0.2, 0.25) is 5.91 Å². The number of aromatic hydroxyl groups is 1. The van der Waals surface area contributed by atoms with Crippen LogP contribution >= 0.6 is 11.8 Å². The predicted octanol–water partition coefficient (Wildman–Crippen LogP) is 5.32. The molecule has 1 amide bonds. The zero-order valence-corrected chi connectivity index (χ0v) is 22.0. The second kappa shape index (κ2) is 13.6. The van der Waals surface area contributed by atoms with Crippen LogP contribution in [0.25, 0.3) is 0 Å². The second-order valence-corrected chi connectivity index (χ2v) is 11.2. The van der Waals surface area contributed by atoms with Gasteiger partial charge in [0.25, 0.3) is 0 Å². The van der Waals surface area contributed by atoms with E-state index in [0.29, 0.717) is 6.42 Å². The summed E-state index contributed by atoms with van der Waals surface area (Å²) < 4.78 is 5.59. The quantitative estimate of drug-likeness (QED) is 0.311. The highest BCUT2D eigenvalue weighted by Gasteiger charge is 2.32. The van der Waals surface area contributed by atoms with Crippen molar-refractivity contribution >= 4 is 28.8 Å². The Bertz CT molecular complexity index is 802. The first kappa shape index (κ1) is 29.0. The van der Waals surface area contributed by atoms with Crippen molar-refractivity contribution in [2.75, 3.05) is 0 Å². The van der Waals surface area contributed by atoms with Gasteiger partial charge in [0.15, 0.2) is 5.12 Å². The Balaban J connectivity index is 3.11. The van der Waals surface area contributed by atoms with Crippen molar-refractivity contribution in [3.63, 3.8) is 0 Å². The molecule has 0 radical (unpaired) electrons. The lowest BCUT2D eigenvalue weighted by atomic mass is 9.95. The zero-order valence-electron chi connectivity index (χ0n) is 21.2. The van der Waals surface area contributed by atoms with Crippen molar-refractivity contribution in [2.45, 2.75) is 104 Å². The van der Waals surface area contributed by atoms with Gasteiger partial charge in [-0.15, -0.1) is 0 Å². The van der Waals surface area contributed by atoms with Crippen LogP contribution in [0, 0.1) is 12.8 Å². The van der Waals surface area contributed by atoms with Crippen LogP contribution in [0.3, 0.4) is 0 Å². The van der Waals surface area contributed by atoms with Gasteiger partial charge in [-0.1, -0.05) is 57.4 Å². The van der Waals surface area contributed by atoms with E-state index in [9.17, 15) is 19.5 Å². The van der Waals surface area contributed by atoms with Crippen LogP contribution in [0.2, 0.25) is 0 Å². The number of carbonyl (C=O) groups is 3. The molecule has 0 bridgehead atoms. The minimum atomic E-state index is -0.868. The summed E-state index contributed by atoms with van der Waals surface area (Å²) in [5.74, 6) is -0.974. The molecule has 0 saturated heterocycles. The summed E-state index contributed by atoms with van der Waals surface area (Å²) in [5.41, 5.74) is 0.977. The second-order valence-electron chi connectivity index (χ2n) is 9.68. The van der Waals surface area contributed by atoms with E-state index in [-0.39, 0.29) is 34.4 Å². The number of esters is 1. The molecule has 0 heterocycles. The SMILES string of the molecule is CCCCCCC(C(=O)N[C@@H](Cc1ccc(O)cc1C)C(=O)OC(C)(C)C)C(C)SC(C)=O. The topological polar surface area (TPSA) is 92.7 Å². The van der Waals surface area contributed by atoms with E-state index >= 15 is 0 Å². The number of thioether (sulfide) groups is 1. The number of aryl methyl sites for hydroxylation is 1. The van der Waals surface area contributed by atoms with E-state index in [1.54, 1.807) is 39.0 Å². The third-order valence-corrected chi connectivity index (χ3v) is 6.41. The Morgan fingerprint density at radius 1 is 1.15 bits per heavy atom. The molecule has 33 heavy (non-hydrogen) atoms. The van der Waals surface area contributed by atoms with Crippen molar-refractivity contribution < 1.29 is 24.2 Å². The average Bonchev–Trinajstić information content (AvgIpc) is 2.67. The van der Waals surface area contributed by atoms with Crippen LogP contribution < -0.4 is 5.32 Å². The number of hydrogen-bond acceptors (Lipinski definition) is 6. The number of benzene rings is 1. The first-order valence-electron chi connectivity index (χ1n) is 11.8. The highest BCUT2D eigenvalue weighted by atomic mass is 32.2. The van der Waals surface area contributed by atoms with E-state index in [0.717, 1.165) is 48.6 Å². The summed E-state index contributed by atoms with van der Waals surface area (Å²) in [4.78, 5) is 38.0. The molecule has 1 rings (SSSR count). The normalized spacial score (nSPS) is 14.3. The fraction of sp³-hybridized carbons (Fsp3) is 0.654. The lowest BCUT2D eigenvalue weighted by Crippen LogP contribution is -2.48. The zero-order chi connectivity index (χ0) is 25.2. The average molecular weight is 480 g/mol.